The lowest BCUT2D eigenvalue weighted by atomic mass is 10.1. The molecular weight excluding hydrogens is 345 g/mol. The number of aliphatic imine (C=N–C) groups is 1. The van der Waals surface area contributed by atoms with Gasteiger partial charge in [0.1, 0.15) is 11.6 Å². The SMILES string of the molecule is CCOC(=NC(=O)c1ccccc1C(F)(F)F)c1ccc(F)cc1F. The first-order valence-electron chi connectivity index (χ1n) is 7.11. The van der Waals surface area contributed by atoms with Crippen molar-refractivity contribution in [2.75, 3.05) is 6.61 Å². The molecule has 0 heterocycles. The maximum absolute atomic E-state index is 13.9. The molecule has 0 unspecified atom stereocenters. The van der Waals surface area contributed by atoms with Gasteiger partial charge in [-0.3, -0.25) is 4.79 Å². The molecule has 0 aliphatic carbocycles. The topological polar surface area (TPSA) is 38.7 Å². The van der Waals surface area contributed by atoms with Crippen LogP contribution in [0.2, 0.25) is 0 Å². The minimum Gasteiger partial charge on any atom is -0.477 e. The summed E-state index contributed by atoms with van der Waals surface area (Å²) in [5.41, 5.74) is -2.20. The molecule has 0 spiro atoms. The van der Waals surface area contributed by atoms with E-state index in [0.717, 1.165) is 30.3 Å². The fourth-order valence-electron chi connectivity index (χ4n) is 2.04. The third-order valence-corrected chi connectivity index (χ3v) is 3.11. The zero-order valence-corrected chi connectivity index (χ0v) is 12.9. The maximum Gasteiger partial charge on any atom is 0.417 e. The zero-order chi connectivity index (χ0) is 18.6. The smallest absolute Gasteiger partial charge is 0.417 e. The van der Waals surface area contributed by atoms with Crippen molar-refractivity contribution in [3.63, 3.8) is 0 Å². The first-order chi connectivity index (χ1) is 11.7. The van der Waals surface area contributed by atoms with Crippen LogP contribution in [0.25, 0.3) is 0 Å². The van der Waals surface area contributed by atoms with Gasteiger partial charge < -0.3 is 4.74 Å². The van der Waals surface area contributed by atoms with Gasteiger partial charge in [-0.15, -0.1) is 0 Å². The van der Waals surface area contributed by atoms with Crippen LogP contribution < -0.4 is 0 Å². The Labute approximate surface area is 139 Å². The summed E-state index contributed by atoms with van der Waals surface area (Å²) in [7, 11) is 0. The molecule has 0 radical (unpaired) electrons. The van der Waals surface area contributed by atoms with Crippen molar-refractivity contribution < 1.29 is 31.5 Å². The molecule has 0 aliphatic rings. The second-order valence-corrected chi connectivity index (χ2v) is 4.82. The number of halogens is 5. The summed E-state index contributed by atoms with van der Waals surface area (Å²) in [6.45, 7) is 1.49. The molecular formula is C17H12F5NO2. The molecule has 2 aromatic carbocycles. The minimum absolute atomic E-state index is 0.0240. The highest BCUT2D eigenvalue weighted by Gasteiger charge is 2.35. The van der Waals surface area contributed by atoms with Gasteiger partial charge >= 0.3 is 6.18 Å². The molecule has 3 nitrogen and oxygen atoms in total. The molecule has 0 aliphatic heterocycles. The number of hydrogen-bond acceptors (Lipinski definition) is 2. The molecule has 25 heavy (non-hydrogen) atoms. The standard InChI is InChI=1S/C17H12F5NO2/c1-2-25-16(12-8-7-10(18)9-14(12)19)23-15(24)11-5-3-4-6-13(11)17(20,21)22/h3-9H,2H2,1H3. The molecule has 2 aromatic rings. The molecule has 1 amide bonds. The van der Waals surface area contributed by atoms with Crippen LogP contribution in [0.1, 0.15) is 28.4 Å². The van der Waals surface area contributed by atoms with Crippen molar-refractivity contribution in [2.45, 2.75) is 13.1 Å². The largest absolute Gasteiger partial charge is 0.477 e. The Bertz CT molecular complexity index is 815. The summed E-state index contributed by atoms with van der Waals surface area (Å²) in [5.74, 6) is -3.68. The number of amides is 1. The second-order valence-electron chi connectivity index (χ2n) is 4.82. The average molecular weight is 357 g/mol. The van der Waals surface area contributed by atoms with Gasteiger partial charge in [0.15, 0.2) is 0 Å². The Morgan fingerprint density at radius 1 is 1.08 bits per heavy atom. The summed E-state index contributed by atoms with van der Waals surface area (Å²) in [5, 5.41) is 0. The highest BCUT2D eigenvalue weighted by Crippen LogP contribution is 2.32. The van der Waals surface area contributed by atoms with Gasteiger partial charge in [0.05, 0.1) is 23.3 Å². The Morgan fingerprint density at radius 2 is 1.76 bits per heavy atom. The van der Waals surface area contributed by atoms with Gasteiger partial charge in [-0.05, 0) is 31.2 Å². The predicted octanol–water partition coefficient (Wildman–Crippen LogP) is 4.61. The van der Waals surface area contributed by atoms with Crippen molar-refractivity contribution in [3.8, 4) is 0 Å². The van der Waals surface area contributed by atoms with Crippen molar-refractivity contribution in [2.24, 2.45) is 4.99 Å². The van der Waals surface area contributed by atoms with E-state index in [2.05, 4.69) is 4.99 Å². The first-order valence-corrected chi connectivity index (χ1v) is 7.11. The van der Waals surface area contributed by atoms with Crippen LogP contribution in [0.3, 0.4) is 0 Å². The van der Waals surface area contributed by atoms with Gasteiger partial charge in [-0.1, -0.05) is 12.1 Å². The van der Waals surface area contributed by atoms with E-state index in [1.807, 2.05) is 0 Å². The second kappa shape index (κ2) is 7.42. The molecule has 0 bridgehead atoms. The lowest BCUT2D eigenvalue weighted by molar-refractivity contribution is -0.137. The molecule has 0 saturated heterocycles. The van der Waals surface area contributed by atoms with Crippen molar-refractivity contribution >= 4 is 11.8 Å². The molecule has 0 saturated carbocycles. The number of hydrogen-bond donors (Lipinski definition) is 0. The van der Waals surface area contributed by atoms with Crippen LogP contribution in [-0.2, 0) is 10.9 Å². The average Bonchev–Trinajstić information content (AvgIpc) is 2.53. The molecule has 8 heteroatoms. The van der Waals surface area contributed by atoms with Gasteiger partial charge in [0.2, 0.25) is 5.90 Å². The highest BCUT2D eigenvalue weighted by atomic mass is 19.4. The summed E-state index contributed by atoms with van der Waals surface area (Å²) < 4.78 is 70.9. The highest BCUT2D eigenvalue weighted by molar-refractivity contribution is 6.07. The number of benzene rings is 2. The molecule has 0 atom stereocenters. The van der Waals surface area contributed by atoms with E-state index in [0.29, 0.717) is 6.07 Å². The van der Waals surface area contributed by atoms with Crippen molar-refractivity contribution in [1.29, 1.82) is 0 Å². The normalized spacial score (nSPS) is 12.2. The van der Waals surface area contributed by atoms with Gasteiger partial charge in [0.25, 0.3) is 5.91 Å². The van der Waals surface area contributed by atoms with Crippen LogP contribution in [0.15, 0.2) is 47.5 Å². The third kappa shape index (κ3) is 4.40. The molecule has 2 rings (SSSR count). The summed E-state index contributed by atoms with van der Waals surface area (Å²) in [6.07, 6.45) is -4.76. The third-order valence-electron chi connectivity index (χ3n) is 3.11. The maximum atomic E-state index is 13.9. The van der Waals surface area contributed by atoms with Crippen LogP contribution in [0.4, 0.5) is 22.0 Å². The Kier molecular flexibility index (Phi) is 5.51. The van der Waals surface area contributed by atoms with E-state index < -0.39 is 40.7 Å². The number of carbonyl (C=O) groups is 1. The molecule has 0 fully saturated rings. The monoisotopic (exact) mass is 357 g/mol. The summed E-state index contributed by atoms with van der Waals surface area (Å²) in [4.78, 5) is 15.6. The number of nitrogens with zero attached hydrogens (tertiary/aromatic N) is 1. The van der Waals surface area contributed by atoms with Crippen LogP contribution in [-0.4, -0.2) is 18.4 Å². The van der Waals surface area contributed by atoms with Crippen LogP contribution in [0, 0.1) is 11.6 Å². The molecule has 0 aromatic heterocycles. The first kappa shape index (κ1) is 18.6. The van der Waals surface area contributed by atoms with Gasteiger partial charge in [-0.2, -0.15) is 18.2 Å². The Morgan fingerprint density at radius 3 is 2.36 bits per heavy atom. The van der Waals surface area contributed by atoms with E-state index in [1.165, 1.54) is 13.0 Å². The van der Waals surface area contributed by atoms with Crippen molar-refractivity contribution in [1.82, 2.24) is 0 Å². The fourth-order valence-corrected chi connectivity index (χ4v) is 2.04. The van der Waals surface area contributed by atoms with Crippen molar-refractivity contribution in [3.05, 3.63) is 70.8 Å². The lowest BCUT2D eigenvalue weighted by Gasteiger charge is -2.11. The minimum atomic E-state index is -4.76. The number of carbonyl (C=O) groups excluding carboxylic acids is 1. The number of rotatable bonds is 3. The van der Waals surface area contributed by atoms with Crippen LogP contribution in [0.5, 0.6) is 0 Å². The van der Waals surface area contributed by atoms with E-state index in [4.69, 9.17) is 4.74 Å². The van der Waals surface area contributed by atoms with Crippen LogP contribution >= 0.6 is 0 Å². The van der Waals surface area contributed by atoms with Gasteiger partial charge in [-0.25, -0.2) is 8.78 Å². The molecule has 0 N–H and O–H groups in total. The summed E-state index contributed by atoms with van der Waals surface area (Å²) >= 11 is 0. The van der Waals surface area contributed by atoms with E-state index in [-0.39, 0.29) is 12.2 Å². The fraction of sp³-hybridized carbons (Fsp3) is 0.176. The number of alkyl halides is 3. The lowest BCUT2D eigenvalue weighted by Crippen LogP contribution is -2.15. The quantitative estimate of drug-likeness (QED) is 0.457. The van der Waals surface area contributed by atoms with E-state index in [1.54, 1.807) is 0 Å². The van der Waals surface area contributed by atoms with E-state index >= 15 is 0 Å². The Balaban J connectivity index is 2.50. The van der Waals surface area contributed by atoms with E-state index in [9.17, 15) is 26.7 Å². The molecule has 132 valence electrons. The van der Waals surface area contributed by atoms with Gasteiger partial charge in [0, 0.05) is 6.07 Å². The Hall–Kier alpha value is -2.77. The predicted molar refractivity (Wildman–Crippen MR) is 80.3 cm³/mol. The summed E-state index contributed by atoms with van der Waals surface area (Å²) in [6, 6.07) is 6.53. The zero-order valence-electron chi connectivity index (χ0n) is 12.9. The number of ether oxygens (including phenoxy) is 1.